The Hall–Kier alpha value is -2.32. The van der Waals surface area contributed by atoms with E-state index >= 15 is 0 Å². The number of benzene rings is 1. The number of nitrogens with zero attached hydrogens (tertiary/aromatic N) is 3. The van der Waals surface area contributed by atoms with Crippen LogP contribution < -0.4 is 14.8 Å². The van der Waals surface area contributed by atoms with Crippen molar-refractivity contribution in [3.8, 4) is 11.5 Å². The predicted octanol–water partition coefficient (Wildman–Crippen LogP) is 2.60. The predicted molar refractivity (Wildman–Crippen MR) is 109 cm³/mol. The molecule has 0 aliphatic carbocycles. The van der Waals surface area contributed by atoms with Crippen LogP contribution in [0.4, 0.5) is 0 Å². The van der Waals surface area contributed by atoms with Gasteiger partial charge in [0, 0.05) is 25.0 Å². The summed E-state index contributed by atoms with van der Waals surface area (Å²) in [6.07, 6.45) is -0.766. The van der Waals surface area contributed by atoms with Crippen LogP contribution in [-0.2, 0) is 6.54 Å². The van der Waals surface area contributed by atoms with E-state index in [1.165, 1.54) is 0 Å². The third-order valence-corrected chi connectivity index (χ3v) is 4.76. The molecule has 0 spiro atoms. The van der Waals surface area contributed by atoms with Crippen molar-refractivity contribution in [1.82, 2.24) is 15.2 Å². The van der Waals surface area contributed by atoms with Gasteiger partial charge in [-0.3, -0.25) is 4.99 Å². The average Bonchev–Trinajstić information content (AvgIpc) is 3.08. The molecule has 7 nitrogen and oxygen atoms in total. The second-order valence-corrected chi connectivity index (χ2v) is 7.13. The van der Waals surface area contributed by atoms with E-state index in [0.717, 1.165) is 23.2 Å². The number of hydrogen-bond donors (Lipinski definition) is 2. The normalized spacial score (nSPS) is 12.6. The maximum Gasteiger partial charge on any atom is 0.194 e. The van der Waals surface area contributed by atoms with E-state index in [1.807, 2.05) is 31.2 Å². The smallest absolute Gasteiger partial charge is 0.194 e. The van der Waals surface area contributed by atoms with Crippen molar-refractivity contribution in [3.05, 3.63) is 39.8 Å². The van der Waals surface area contributed by atoms with Gasteiger partial charge in [0.1, 0.15) is 11.5 Å². The maximum atomic E-state index is 10.6. The Morgan fingerprint density at radius 2 is 1.96 bits per heavy atom. The Kier molecular flexibility index (Phi) is 7.87. The first-order valence-electron chi connectivity index (χ1n) is 8.78. The Morgan fingerprint density at radius 1 is 1.30 bits per heavy atom. The molecule has 1 atom stereocenters. The van der Waals surface area contributed by atoms with Crippen molar-refractivity contribution in [2.24, 2.45) is 4.99 Å². The molecule has 0 saturated heterocycles. The zero-order chi connectivity index (χ0) is 19.8. The molecule has 0 radical (unpaired) electrons. The highest BCUT2D eigenvalue weighted by atomic mass is 32.1. The number of aliphatic hydroxyl groups excluding tert-OH is 1. The quantitative estimate of drug-likeness (QED) is 0.531. The van der Waals surface area contributed by atoms with Crippen LogP contribution in [0.15, 0.2) is 28.6 Å². The van der Waals surface area contributed by atoms with Gasteiger partial charge in [-0.25, -0.2) is 4.98 Å². The summed E-state index contributed by atoms with van der Waals surface area (Å²) in [5.41, 5.74) is 1.70. The Labute approximate surface area is 164 Å². The Bertz CT molecular complexity index is 741. The van der Waals surface area contributed by atoms with Gasteiger partial charge in [-0.05, 0) is 31.5 Å². The van der Waals surface area contributed by atoms with Gasteiger partial charge in [-0.2, -0.15) is 0 Å². The van der Waals surface area contributed by atoms with Gasteiger partial charge < -0.3 is 24.8 Å². The highest BCUT2D eigenvalue weighted by Crippen LogP contribution is 2.26. The molecule has 0 fully saturated rings. The number of nitrogens with one attached hydrogen (secondary N) is 1. The van der Waals surface area contributed by atoms with Gasteiger partial charge in [0.05, 0.1) is 44.1 Å². The highest BCUT2D eigenvalue weighted by molar-refractivity contribution is 7.09. The Morgan fingerprint density at radius 3 is 2.48 bits per heavy atom. The van der Waals surface area contributed by atoms with Crippen LogP contribution in [0.2, 0.25) is 0 Å². The minimum atomic E-state index is -0.766. The molecule has 2 rings (SSSR count). The molecule has 0 aliphatic heterocycles. The van der Waals surface area contributed by atoms with Gasteiger partial charge in [-0.15, -0.1) is 11.3 Å². The maximum absolute atomic E-state index is 10.6. The second kappa shape index (κ2) is 10.1. The summed E-state index contributed by atoms with van der Waals surface area (Å²) < 4.78 is 10.5. The molecule has 0 bridgehead atoms. The molecule has 1 heterocycles. The monoisotopic (exact) mass is 392 g/mol. The van der Waals surface area contributed by atoms with E-state index in [2.05, 4.69) is 15.3 Å². The topological polar surface area (TPSA) is 79.2 Å². The first-order chi connectivity index (χ1) is 13.0. The number of guanidine groups is 1. The number of rotatable bonds is 8. The summed E-state index contributed by atoms with van der Waals surface area (Å²) in [5, 5.41) is 16.9. The zero-order valence-corrected chi connectivity index (χ0v) is 17.3. The molecule has 148 valence electrons. The van der Waals surface area contributed by atoms with E-state index in [0.29, 0.717) is 23.6 Å². The Balaban J connectivity index is 2.10. The number of aryl methyl sites for hydroxylation is 1. The molecule has 1 aromatic heterocycles. The summed E-state index contributed by atoms with van der Waals surface area (Å²) >= 11 is 1.63. The van der Waals surface area contributed by atoms with Crippen LogP contribution in [0.25, 0.3) is 0 Å². The molecule has 1 unspecified atom stereocenters. The fraction of sp³-hybridized carbons (Fsp3) is 0.474. The lowest BCUT2D eigenvalue weighted by molar-refractivity contribution is 0.185. The summed E-state index contributed by atoms with van der Waals surface area (Å²) in [6, 6.07) is 5.35. The van der Waals surface area contributed by atoms with E-state index in [9.17, 15) is 5.11 Å². The fourth-order valence-electron chi connectivity index (χ4n) is 2.57. The van der Waals surface area contributed by atoms with E-state index in [4.69, 9.17) is 9.47 Å². The van der Waals surface area contributed by atoms with Gasteiger partial charge in [-0.1, -0.05) is 0 Å². The average molecular weight is 393 g/mol. The van der Waals surface area contributed by atoms with Crippen molar-refractivity contribution in [1.29, 1.82) is 0 Å². The van der Waals surface area contributed by atoms with Crippen molar-refractivity contribution in [3.63, 3.8) is 0 Å². The number of aliphatic imine (C=N–C) groups is 1. The molecule has 8 heteroatoms. The molecule has 2 N–H and O–H groups in total. The van der Waals surface area contributed by atoms with E-state index in [-0.39, 0.29) is 6.54 Å². The largest absolute Gasteiger partial charge is 0.497 e. The number of thiazole rings is 1. The van der Waals surface area contributed by atoms with Crippen LogP contribution in [-0.4, -0.2) is 55.3 Å². The van der Waals surface area contributed by atoms with Gasteiger partial charge in [0.25, 0.3) is 0 Å². The number of aliphatic hydroxyl groups is 1. The van der Waals surface area contributed by atoms with Crippen molar-refractivity contribution in [2.75, 3.05) is 34.4 Å². The lowest BCUT2D eigenvalue weighted by Gasteiger charge is -2.22. The molecular weight excluding hydrogens is 364 g/mol. The standard InChI is InChI=1S/C19H28N4O3S/c1-6-20-19(23(3)11-15-12-27-13(2)22-15)21-10-18(24)14-7-16(25-4)9-17(8-14)26-5/h7-9,12,18,24H,6,10-11H2,1-5H3,(H,20,21). The van der Waals surface area contributed by atoms with Crippen LogP contribution >= 0.6 is 11.3 Å². The third kappa shape index (κ3) is 6.11. The molecule has 0 amide bonds. The molecule has 0 saturated carbocycles. The summed E-state index contributed by atoms with van der Waals surface area (Å²) in [6.45, 7) is 5.62. The SMILES string of the molecule is CCNC(=NCC(O)c1cc(OC)cc(OC)c1)N(C)Cc1csc(C)n1. The number of hydrogen-bond acceptors (Lipinski definition) is 6. The van der Waals surface area contributed by atoms with Gasteiger partial charge >= 0.3 is 0 Å². The van der Waals surface area contributed by atoms with Crippen LogP contribution in [0.5, 0.6) is 11.5 Å². The fourth-order valence-corrected chi connectivity index (χ4v) is 3.17. The summed E-state index contributed by atoms with van der Waals surface area (Å²) in [5.74, 6) is 1.99. The van der Waals surface area contributed by atoms with Crippen LogP contribution in [0.1, 0.15) is 29.3 Å². The molecule has 1 aromatic carbocycles. The lowest BCUT2D eigenvalue weighted by atomic mass is 10.1. The van der Waals surface area contributed by atoms with E-state index in [1.54, 1.807) is 43.8 Å². The minimum Gasteiger partial charge on any atom is -0.497 e. The van der Waals surface area contributed by atoms with Crippen LogP contribution in [0.3, 0.4) is 0 Å². The lowest BCUT2D eigenvalue weighted by Crippen LogP contribution is -2.38. The van der Waals surface area contributed by atoms with Crippen molar-refractivity contribution >= 4 is 17.3 Å². The zero-order valence-electron chi connectivity index (χ0n) is 16.5. The first kappa shape index (κ1) is 21.0. The van der Waals surface area contributed by atoms with Crippen LogP contribution in [0, 0.1) is 6.92 Å². The molecular formula is C19H28N4O3S. The molecule has 2 aromatic rings. The highest BCUT2D eigenvalue weighted by Gasteiger charge is 2.13. The number of methoxy groups -OCH3 is 2. The number of aromatic nitrogens is 1. The molecule has 0 aliphatic rings. The number of ether oxygens (including phenoxy) is 2. The van der Waals surface area contributed by atoms with Gasteiger partial charge in [0.2, 0.25) is 0 Å². The summed E-state index contributed by atoms with van der Waals surface area (Å²) in [7, 11) is 5.13. The van der Waals surface area contributed by atoms with Gasteiger partial charge in [0.15, 0.2) is 5.96 Å². The third-order valence-electron chi connectivity index (χ3n) is 3.93. The second-order valence-electron chi connectivity index (χ2n) is 6.07. The first-order valence-corrected chi connectivity index (χ1v) is 9.66. The summed E-state index contributed by atoms with van der Waals surface area (Å²) in [4.78, 5) is 11.1. The van der Waals surface area contributed by atoms with Crippen molar-refractivity contribution < 1.29 is 14.6 Å². The van der Waals surface area contributed by atoms with E-state index < -0.39 is 6.10 Å². The minimum absolute atomic E-state index is 0.221. The molecule has 27 heavy (non-hydrogen) atoms. The van der Waals surface area contributed by atoms with Crippen molar-refractivity contribution in [2.45, 2.75) is 26.5 Å².